The molecule has 3 rings (SSSR count). The lowest BCUT2D eigenvalue weighted by Crippen LogP contribution is -2.40. The van der Waals surface area contributed by atoms with Gasteiger partial charge in [0, 0.05) is 24.0 Å². The molecule has 0 spiro atoms. The van der Waals surface area contributed by atoms with E-state index in [4.69, 9.17) is 14.2 Å². The summed E-state index contributed by atoms with van der Waals surface area (Å²) in [7, 11) is -2.36. The van der Waals surface area contributed by atoms with E-state index in [-0.39, 0.29) is 40.8 Å². The number of morpholine rings is 1. The maximum atomic E-state index is 12.6. The van der Waals surface area contributed by atoms with E-state index in [1.807, 2.05) is 0 Å². The molecule has 2 aromatic rings. The fourth-order valence-corrected chi connectivity index (χ4v) is 5.83. The van der Waals surface area contributed by atoms with E-state index in [1.54, 1.807) is 0 Å². The number of anilines is 1. The van der Waals surface area contributed by atoms with E-state index in [1.165, 1.54) is 35.7 Å². The monoisotopic (exact) mass is 499 g/mol. The highest BCUT2D eigenvalue weighted by molar-refractivity contribution is 7.91. The van der Waals surface area contributed by atoms with Gasteiger partial charge in [0.1, 0.15) is 9.96 Å². The first-order chi connectivity index (χ1) is 15.7. The van der Waals surface area contributed by atoms with Gasteiger partial charge in [0.05, 0.1) is 43.4 Å². The highest BCUT2D eigenvalue weighted by Crippen LogP contribution is 2.29. The lowest BCUT2D eigenvalue weighted by atomic mass is 10.2. The van der Waals surface area contributed by atoms with Crippen molar-refractivity contribution in [3.63, 3.8) is 0 Å². The van der Waals surface area contributed by atoms with E-state index >= 15 is 0 Å². The molecule has 0 radical (unpaired) electrons. The van der Waals surface area contributed by atoms with Gasteiger partial charge in [-0.2, -0.15) is 4.31 Å². The minimum Gasteiger partial charge on any atom is -0.494 e. The zero-order chi connectivity index (χ0) is 24.0. The van der Waals surface area contributed by atoms with Gasteiger partial charge in [-0.25, -0.2) is 8.42 Å². The first-order valence-corrected chi connectivity index (χ1v) is 11.9. The van der Waals surface area contributed by atoms with Crippen molar-refractivity contribution in [2.24, 2.45) is 0 Å². The number of carbonyl (C=O) groups is 2. The number of methoxy groups -OCH3 is 1. The predicted octanol–water partition coefficient (Wildman–Crippen LogP) is 1.41. The van der Waals surface area contributed by atoms with Crippen molar-refractivity contribution in [3.05, 3.63) is 45.3 Å². The average molecular weight is 500 g/mol. The van der Waals surface area contributed by atoms with Gasteiger partial charge in [0.2, 0.25) is 0 Å². The molecule has 0 atom stereocenters. The van der Waals surface area contributed by atoms with Crippen molar-refractivity contribution in [1.29, 1.82) is 0 Å². The summed E-state index contributed by atoms with van der Waals surface area (Å²) in [6.07, 6.45) is -0.197. The molecule has 0 aliphatic carbocycles. The first-order valence-electron chi connectivity index (χ1n) is 9.65. The maximum Gasteiger partial charge on any atom is 0.311 e. The summed E-state index contributed by atoms with van der Waals surface area (Å²) >= 11 is 0.964. The molecule has 0 bridgehead atoms. The van der Waals surface area contributed by atoms with Crippen molar-refractivity contribution in [1.82, 2.24) is 4.31 Å². The van der Waals surface area contributed by atoms with Crippen LogP contribution in [-0.4, -0.2) is 69.5 Å². The van der Waals surface area contributed by atoms with Crippen LogP contribution in [0.25, 0.3) is 0 Å². The molecule has 1 aliphatic heterocycles. The molecule has 1 aliphatic rings. The Morgan fingerprint density at radius 3 is 2.64 bits per heavy atom. The number of nitrogens with zero attached hydrogens (tertiary/aromatic N) is 2. The van der Waals surface area contributed by atoms with Gasteiger partial charge in [0.15, 0.2) is 6.61 Å². The summed E-state index contributed by atoms with van der Waals surface area (Å²) in [5.74, 6) is -1.30. The summed E-state index contributed by atoms with van der Waals surface area (Å²) in [5, 5.41) is 13.3. The van der Waals surface area contributed by atoms with Gasteiger partial charge >= 0.3 is 5.97 Å². The number of esters is 1. The third kappa shape index (κ3) is 6.25. The average Bonchev–Trinajstić information content (AvgIpc) is 3.27. The number of nitro benzene ring substituents is 1. The minimum atomic E-state index is -3.65. The highest BCUT2D eigenvalue weighted by atomic mass is 32.2. The standard InChI is InChI=1S/C19H21N3O9S2/c1-29-16-10-13(22(25)26)2-4-15(16)20-17(23)12-31-18(24)11-14-3-5-19(32-14)33(27,28)21-6-8-30-9-7-21/h2-5,10H,6-9,11-12H2,1H3,(H,20,23). The number of benzene rings is 1. The predicted molar refractivity (Wildman–Crippen MR) is 117 cm³/mol. The van der Waals surface area contributed by atoms with Gasteiger partial charge in [0.25, 0.3) is 21.6 Å². The summed E-state index contributed by atoms with van der Waals surface area (Å²) in [4.78, 5) is 34.9. The number of thiophene rings is 1. The number of rotatable bonds is 9. The lowest BCUT2D eigenvalue weighted by molar-refractivity contribution is -0.384. The molecule has 1 aromatic heterocycles. The molecule has 1 amide bonds. The van der Waals surface area contributed by atoms with Crippen LogP contribution >= 0.6 is 11.3 Å². The third-order valence-corrected chi connectivity index (χ3v) is 8.01. The Hall–Kier alpha value is -3.07. The van der Waals surface area contributed by atoms with Crippen molar-refractivity contribution < 1.29 is 37.1 Å². The zero-order valence-electron chi connectivity index (χ0n) is 17.5. The van der Waals surface area contributed by atoms with Crippen LogP contribution in [0.15, 0.2) is 34.5 Å². The second-order valence-electron chi connectivity index (χ2n) is 6.76. The number of nitrogens with one attached hydrogen (secondary N) is 1. The van der Waals surface area contributed by atoms with Crippen LogP contribution in [0.1, 0.15) is 4.88 Å². The number of ether oxygens (including phenoxy) is 3. The molecular weight excluding hydrogens is 478 g/mol. The summed E-state index contributed by atoms with van der Waals surface area (Å²) in [6.45, 7) is 0.608. The van der Waals surface area contributed by atoms with Gasteiger partial charge < -0.3 is 19.5 Å². The van der Waals surface area contributed by atoms with Crippen molar-refractivity contribution in [2.45, 2.75) is 10.6 Å². The Morgan fingerprint density at radius 1 is 1.24 bits per heavy atom. The maximum absolute atomic E-state index is 12.6. The number of amides is 1. The normalized spacial score (nSPS) is 14.5. The van der Waals surface area contributed by atoms with E-state index in [0.717, 1.165) is 17.4 Å². The van der Waals surface area contributed by atoms with Crippen LogP contribution in [-0.2, 0) is 35.5 Å². The molecule has 0 saturated carbocycles. The second kappa shape index (κ2) is 10.7. The summed E-state index contributed by atoms with van der Waals surface area (Å²) < 4.78 is 41.9. The quantitative estimate of drug-likeness (QED) is 0.306. The van der Waals surface area contributed by atoms with E-state index in [0.29, 0.717) is 18.1 Å². The van der Waals surface area contributed by atoms with Crippen LogP contribution in [0.4, 0.5) is 11.4 Å². The summed E-state index contributed by atoms with van der Waals surface area (Å²) in [5.41, 5.74) is -0.0254. The molecule has 12 nitrogen and oxygen atoms in total. The van der Waals surface area contributed by atoms with Crippen molar-refractivity contribution in [2.75, 3.05) is 45.3 Å². The van der Waals surface area contributed by atoms with Gasteiger partial charge in [-0.3, -0.25) is 19.7 Å². The number of hydrogen-bond acceptors (Lipinski definition) is 10. The molecule has 1 aromatic carbocycles. The first kappa shape index (κ1) is 24.6. The zero-order valence-corrected chi connectivity index (χ0v) is 19.1. The van der Waals surface area contributed by atoms with Crippen LogP contribution in [0.2, 0.25) is 0 Å². The van der Waals surface area contributed by atoms with Crippen LogP contribution < -0.4 is 10.1 Å². The van der Waals surface area contributed by atoms with Gasteiger partial charge in [-0.15, -0.1) is 11.3 Å². The Bertz CT molecular complexity index is 1140. The molecular formula is C19H21N3O9S2. The number of hydrogen-bond donors (Lipinski definition) is 1. The van der Waals surface area contributed by atoms with E-state index in [2.05, 4.69) is 5.32 Å². The van der Waals surface area contributed by atoms with Gasteiger partial charge in [-0.1, -0.05) is 0 Å². The molecule has 1 fully saturated rings. The van der Waals surface area contributed by atoms with Crippen LogP contribution in [0.5, 0.6) is 5.75 Å². The third-order valence-electron chi connectivity index (χ3n) is 4.55. The topological polar surface area (TPSA) is 154 Å². The van der Waals surface area contributed by atoms with Crippen molar-refractivity contribution in [3.8, 4) is 5.75 Å². The minimum absolute atomic E-state index is 0.0801. The van der Waals surface area contributed by atoms with Gasteiger partial charge in [-0.05, 0) is 18.2 Å². The van der Waals surface area contributed by atoms with Crippen LogP contribution in [0.3, 0.4) is 0 Å². The Morgan fingerprint density at radius 2 is 1.97 bits per heavy atom. The van der Waals surface area contributed by atoms with Crippen LogP contribution in [0, 0.1) is 10.1 Å². The molecule has 14 heteroatoms. The summed E-state index contributed by atoms with van der Waals surface area (Å²) in [6, 6.07) is 6.62. The van der Waals surface area contributed by atoms with Crippen molar-refractivity contribution >= 4 is 44.6 Å². The number of nitro groups is 1. The fraction of sp³-hybridized carbons (Fsp3) is 0.368. The molecule has 1 N–H and O–H groups in total. The number of sulfonamides is 1. The molecule has 0 unspecified atom stereocenters. The number of non-ortho nitro benzene ring substituents is 1. The fourth-order valence-electron chi connectivity index (χ4n) is 2.93. The SMILES string of the molecule is COc1cc([N+](=O)[O-])ccc1NC(=O)COC(=O)Cc1ccc(S(=O)(=O)N2CCOCC2)s1. The van der Waals surface area contributed by atoms with E-state index < -0.39 is 33.4 Å². The Kier molecular flexibility index (Phi) is 7.97. The van der Waals surface area contributed by atoms with E-state index in [9.17, 15) is 28.1 Å². The highest BCUT2D eigenvalue weighted by Gasteiger charge is 2.28. The Labute approximate surface area is 193 Å². The smallest absolute Gasteiger partial charge is 0.311 e. The molecule has 1 saturated heterocycles. The molecule has 178 valence electrons. The lowest BCUT2D eigenvalue weighted by Gasteiger charge is -2.25. The largest absolute Gasteiger partial charge is 0.494 e. The molecule has 33 heavy (non-hydrogen) atoms. The Balaban J connectivity index is 1.53. The molecule has 2 heterocycles. The number of carbonyl (C=O) groups excluding carboxylic acids is 2. The second-order valence-corrected chi connectivity index (χ2v) is 10.1.